The summed E-state index contributed by atoms with van der Waals surface area (Å²) in [6.07, 6.45) is 4.19. The molecule has 1 fully saturated rings. The maximum Gasteiger partial charge on any atom is 0.0815 e. The van der Waals surface area contributed by atoms with Crippen molar-refractivity contribution < 1.29 is 0 Å². The quantitative estimate of drug-likeness (QED) is 0.823. The van der Waals surface area contributed by atoms with Crippen LogP contribution < -0.4 is 10.6 Å². The molecule has 0 amide bonds. The van der Waals surface area contributed by atoms with Crippen molar-refractivity contribution in [3.8, 4) is 0 Å². The van der Waals surface area contributed by atoms with Gasteiger partial charge in [-0.3, -0.25) is 4.90 Å². The molecule has 1 aliphatic heterocycles. The Balaban J connectivity index is 2.20. The summed E-state index contributed by atoms with van der Waals surface area (Å²) in [5.41, 5.74) is 7.49. The monoisotopic (exact) mass is 253 g/mol. The van der Waals surface area contributed by atoms with Gasteiger partial charge in [-0.05, 0) is 51.1 Å². The summed E-state index contributed by atoms with van der Waals surface area (Å²) < 4.78 is 0. The van der Waals surface area contributed by atoms with Crippen LogP contribution >= 0.6 is 11.6 Å². The van der Waals surface area contributed by atoms with E-state index in [4.69, 9.17) is 17.3 Å². The standard InChI is InChI=1S/C13H20ClN3/c1-16-8-4-3-5-13(16)17(2)12-7-6-10(15)9-11(12)14/h6-7,9,13H,3-5,8,15H2,1-2H3. The molecule has 1 aromatic carbocycles. The van der Waals surface area contributed by atoms with E-state index in [2.05, 4.69) is 23.9 Å². The van der Waals surface area contributed by atoms with Crippen LogP contribution in [0.3, 0.4) is 0 Å². The van der Waals surface area contributed by atoms with Gasteiger partial charge in [-0.1, -0.05) is 11.6 Å². The predicted molar refractivity (Wildman–Crippen MR) is 74.5 cm³/mol. The van der Waals surface area contributed by atoms with Crippen LogP contribution in [0.25, 0.3) is 0 Å². The molecule has 0 radical (unpaired) electrons. The molecule has 1 atom stereocenters. The molecule has 17 heavy (non-hydrogen) atoms. The third kappa shape index (κ3) is 2.67. The van der Waals surface area contributed by atoms with Crippen LogP contribution in [-0.2, 0) is 0 Å². The van der Waals surface area contributed by atoms with E-state index in [1.807, 2.05) is 18.2 Å². The van der Waals surface area contributed by atoms with Crippen LogP contribution in [0, 0.1) is 0 Å². The van der Waals surface area contributed by atoms with Crippen molar-refractivity contribution in [2.24, 2.45) is 0 Å². The maximum atomic E-state index is 6.25. The summed E-state index contributed by atoms with van der Waals surface area (Å²) >= 11 is 6.25. The van der Waals surface area contributed by atoms with Crippen LogP contribution in [0.15, 0.2) is 18.2 Å². The van der Waals surface area contributed by atoms with Crippen molar-refractivity contribution in [2.75, 3.05) is 31.3 Å². The zero-order chi connectivity index (χ0) is 12.4. The molecule has 1 aliphatic rings. The summed E-state index contributed by atoms with van der Waals surface area (Å²) in [4.78, 5) is 4.64. The highest BCUT2D eigenvalue weighted by molar-refractivity contribution is 6.33. The third-order valence-electron chi connectivity index (χ3n) is 3.53. The summed E-state index contributed by atoms with van der Waals surface area (Å²) in [6.45, 7) is 1.15. The molecule has 1 saturated heterocycles. The smallest absolute Gasteiger partial charge is 0.0815 e. The number of benzene rings is 1. The number of nitrogens with zero attached hydrogens (tertiary/aromatic N) is 2. The number of rotatable bonds is 2. The van der Waals surface area contributed by atoms with Gasteiger partial charge in [-0.25, -0.2) is 0 Å². The summed E-state index contributed by atoms with van der Waals surface area (Å²) in [5.74, 6) is 0. The van der Waals surface area contributed by atoms with E-state index in [-0.39, 0.29) is 0 Å². The lowest BCUT2D eigenvalue weighted by atomic mass is 10.1. The summed E-state index contributed by atoms with van der Waals surface area (Å²) in [5, 5.41) is 0.728. The number of hydrogen-bond donors (Lipinski definition) is 1. The molecule has 4 heteroatoms. The highest BCUT2D eigenvalue weighted by Crippen LogP contribution is 2.30. The van der Waals surface area contributed by atoms with Crippen LogP contribution in [0.4, 0.5) is 11.4 Å². The molecule has 1 unspecified atom stereocenters. The van der Waals surface area contributed by atoms with Crippen molar-refractivity contribution in [1.29, 1.82) is 0 Å². The molecular formula is C13H20ClN3. The Morgan fingerprint density at radius 2 is 2.18 bits per heavy atom. The van der Waals surface area contributed by atoms with E-state index in [0.29, 0.717) is 11.9 Å². The van der Waals surface area contributed by atoms with Gasteiger partial charge >= 0.3 is 0 Å². The maximum absolute atomic E-state index is 6.25. The van der Waals surface area contributed by atoms with Crippen LogP contribution in [0.1, 0.15) is 19.3 Å². The average Bonchev–Trinajstić information content (AvgIpc) is 2.29. The van der Waals surface area contributed by atoms with Gasteiger partial charge < -0.3 is 10.6 Å². The minimum absolute atomic E-state index is 0.435. The van der Waals surface area contributed by atoms with Gasteiger partial charge in [0.2, 0.25) is 0 Å². The van der Waals surface area contributed by atoms with Crippen LogP contribution in [-0.4, -0.2) is 31.7 Å². The number of hydrogen-bond acceptors (Lipinski definition) is 3. The van der Waals surface area contributed by atoms with Crippen molar-refractivity contribution in [3.63, 3.8) is 0 Å². The molecule has 1 heterocycles. The second-order valence-corrected chi connectivity index (χ2v) is 5.19. The number of piperidine rings is 1. The van der Waals surface area contributed by atoms with Gasteiger partial charge in [0, 0.05) is 12.7 Å². The number of likely N-dealkylation sites (tertiary alicyclic amines) is 1. The zero-order valence-electron chi connectivity index (χ0n) is 10.5. The van der Waals surface area contributed by atoms with Crippen molar-refractivity contribution >= 4 is 23.0 Å². The fraction of sp³-hybridized carbons (Fsp3) is 0.538. The fourth-order valence-electron chi connectivity index (χ4n) is 2.52. The molecule has 2 rings (SSSR count). The molecule has 0 aromatic heterocycles. The molecular weight excluding hydrogens is 234 g/mol. The van der Waals surface area contributed by atoms with Gasteiger partial charge in [0.05, 0.1) is 16.9 Å². The van der Waals surface area contributed by atoms with Crippen LogP contribution in [0.2, 0.25) is 5.02 Å². The van der Waals surface area contributed by atoms with Gasteiger partial charge in [0.15, 0.2) is 0 Å². The molecule has 0 bridgehead atoms. The first-order valence-corrected chi connectivity index (χ1v) is 6.45. The largest absolute Gasteiger partial charge is 0.399 e. The number of nitrogen functional groups attached to an aromatic ring is 1. The van der Waals surface area contributed by atoms with Gasteiger partial charge in [0.25, 0.3) is 0 Å². The Kier molecular flexibility index (Phi) is 3.79. The average molecular weight is 254 g/mol. The molecule has 3 nitrogen and oxygen atoms in total. The Bertz CT molecular complexity index is 394. The zero-order valence-corrected chi connectivity index (χ0v) is 11.2. The second kappa shape index (κ2) is 5.15. The number of halogens is 1. The first-order valence-electron chi connectivity index (χ1n) is 6.07. The highest BCUT2D eigenvalue weighted by atomic mass is 35.5. The molecule has 0 spiro atoms. The lowest BCUT2D eigenvalue weighted by Crippen LogP contribution is -2.47. The molecule has 0 saturated carbocycles. The fourth-order valence-corrected chi connectivity index (χ4v) is 2.84. The second-order valence-electron chi connectivity index (χ2n) is 4.78. The summed E-state index contributed by atoms with van der Waals surface area (Å²) in [7, 11) is 4.27. The lowest BCUT2D eigenvalue weighted by Gasteiger charge is -2.40. The molecule has 0 aliphatic carbocycles. The number of nitrogens with two attached hydrogens (primary N) is 1. The minimum Gasteiger partial charge on any atom is -0.399 e. The van der Waals surface area contributed by atoms with Gasteiger partial charge in [0.1, 0.15) is 0 Å². The number of anilines is 2. The van der Waals surface area contributed by atoms with Crippen LogP contribution in [0.5, 0.6) is 0 Å². The minimum atomic E-state index is 0.435. The van der Waals surface area contributed by atoms with Gasteiger partial charge in [-0.2, -0.15) is 0 Å². The molecule has 1 aromatic rings. The van der Waals surface area contributed by atoms with E-state index < -0.39 is 0 Å². The van der Waals surface area contributed by atoms with E-state index in [1.54, 1.807) is 0 Å². The Labute approximate surface area is 108 Å². The first kappa shape index (κ1) is 12.5. The molecule has 2 N–H and O–H groups in total. The van der Waals surface area contributed by atoms with Crippen molar-refractivity contribution in [3.05, 3.63) is 23.2 Å². The lowest BCUT2D eigenvalue weighted by molar-refractivity contribution is 0.184. The summed E-state index contributed by atoms with van der Waals surface area (Å²) in [6, 6.07) is 5.72. The highest BCUT2D eigenvalue weighted by Gasteiger charge is 2.24. The van der Waals surface area contributed by atoms with E-state index in [0.717, 1.165) is 17.3 Å². The Morgan fingerprint density at radius 3 is 2.82 bits per heavy atom. The third-order valence-corrected chi connectivity index (χ3v) is 3.83. The topological polar surface area (TPSA) is 32.5 Å². The first-order chi connectivity index (χ1) is 8.09. The van der Waals surface area contributed by atoms with Gasteiger partial charge in [-0.15, -0.1) is 0 Å². The predicted octanol–water partition coefficient (Wildman–Crippen LogP) is 2.80. The Hall–Kier alpha value is -0.930. The molecule has 94 valence electrons. The normalized spacial score (nSPS) is 21.5. The Morgan fingerprint density at radius 1 is 1.41 bits per heavy atom. The van der Waals surface area contributed by atoms with Crippen molar-refractivity contribution in [1.82, 2.24) is 4.90 Å². The van der Waals surface area contributed by atoms with Crippen molar-refractivity contribution in [2.45, 2.75) is 25.4 Å². The SMILES string of the molecule is CN1CCCCC1N(C)c1ccc(N)cc1Cl. The van der Waals surface area contributed by atoms with E-state index in [1.165, 1.54) is 19.3 Å². The van der Waals surface area contributed by atoms with E-state index >= 15 is 0 Å². The van der Waals surface area contributed by atoms with E-state index in [9.17, 15) is 0 Å².